The number of halogens is 1. The van der Waals surface area contributed by atoms with Gasteiger partial charge in [0, 0.05) is 17.7 Å². The predicted octanol–water partition coefficient (Wildman–Crippen LogP) is 1.14. The quantitative estimate of drug-likeness (QED) is 0.330. The number of hydrogen-bond donors (Lipinski definition) is 1. The normalized spacial score (nSPS) is 13.7. The molecule has 9 heteroatoms. The van der Waals surface area contributed by atoms with Gasteiger partial charge in [0.05, 0.1) is 6.61 Å². The molecule has 1 aliphatic rings. The van der Waals surface area contributed by atoms with E-state index in [1.54, 1.807) is 10.7 Å². The van der Waals surface area contributed by atoms with E-state index in [1.807, 2.05) is 24.3 Å². The number of aromatic nitrogens is 4. The summed E-state index contributed by atoms with van der Waals surface area (Å²) in [6.07, 6.45) is 4.31. The number of fused-ring (bicyclic) bond motifs is 1. The minimum Gasteiger partial charge on any atom is -1.00 e. The summed E-state index contributed by atoms with van der Waals surface area (Å²) >= 11 is 0. The van der Waals surface area contributed by atoms with Gasteiger partial charge in [-0.15, -0.1) is 4.68 Å². The molecule has 4 rings (SSSR count). The van der Waals surface area contributed by atoms with Crippen molar-refractivity contribution in [3.8, 4) is 11.6 Å². The minimum atomic E-state index is -0.109. The van der Waals surface area contributed by atoms with Gasteiger partial charge in [0.15, 0.2) is 6.54 Å². The Bertz CT molecular complexity index is 1180. The van der Waals surface area contributed by atoms with Crippen LogP contribution < -0.4 is 32.3 Å². The second-order valence-electron chi connectivity index (χ2n) is 10.2. The third-order valence-corrected chi connectivity index (χ3v) is 6.26. The van der Waals surface area contributed by atoms with Crippen LogP contribution in [0.3, 0.4) is 0 Å². The van der Waals surface area contributed by atoms with Crippen LogP contribution in [0.2, 0.25) is 0 Å². The van der Waals surface area contributed by atoms with Crippen molar-refractivity contribution >= 4 is 17.4 Å². The summed E-state index contributed by atoms with van der Waals surface area (Å²) in [5, 5.41) is 8.84. The minimum absolute atomic E-state index is 0. The summed E-state index contributed by atoms with van der Waals surface area (Å²) in [5.41, 5.74) is 8.30. The van der Waals surface area contributed by atoms with E-state index in [-0.39, 0.29) is 42.2 Å². The molecule has 2 N–H and O–H groups in total. The summed E-state index contributed by atoms with van der Waals surface area (Å²) in [4.78, 5) is 13.3. The van der Waals surface area contributed by atoms with Gasteiger partial charge in [-0.3, -0.25) is 4.79 Å². The van der Waals surface area contributed by atoms with Gasteiger partial charge >= 0.3 is 11.6 Å². The molecule has 1 aliphatic carbocycles. The molecule has 1 fully saturated rings. The second kappa shape index (κ2) is 10.8. The van der Waals surface area contributed by atoms with E-state index in [9.17, 15) is 4.79 Å². The van der Waals surface area contributed by atoms with E-state index < -0.39 is 0 Å². The van der Waals surface area contributed by atoms with Crippen LogP contribution in [0, 0.1) is 5.92 Å². The number of hydrogen-bond acceptors (Lipinski definition) is 6. The van der Waals surface area contributed by atoms with Gasteiger partial charge < -0.3 is 27.6 Å². The number of nitrogens with two attached hydrogens (primary N) is 1. The second-order valence-corrected chi connectivity index (χ2v) is 10.2. The maximum absolute atomic E-state index is 13.3. The lowest BCUT2D eigenvalue weighted by Gasteiger charge is -2.21. The molecule has 1 saturated carbocycles. The van der Waals surface area contributed by atoms with Gasteiger partial charge in [0.1, 0.15) is 11.9 Å². The first-order chi connectivity index (χ1) is 16.2. The molecule has 0 aliphatic heterocycles. The van der Waals surface area contributed by atoms with E-state index >= 15 is 0 Å². The van der Waals surface area contributed by atoms with Crippen molar-refractivity contribution in [2.75, 3.05) is 12.3 Å². The molecule has 0 saturated heterocycles. The largest absolute Gasteiger partial charge is 1.00 e. The third kappa shape index (κ3) is 6.42. The molecular formula is C26H36ClN5O3. The van der Waals surface area contributed by atoms with E-state index in [4.69, 9.17) is 15.2 Å². The number of Topliss-reactive ketones (excluding diaryl/α,β-unsaturated/α-hetero) is 1. The molecule has 3 aromatic rings. The maximum atomic E-state index is 13.3. The molecule has 2 heterocycles. The highest BCUT2D eigenvalue weighted by Gasteiger charge is 2.26. The Kier molecular flexibility index (Phi) is 8.26. The highest BCUT2D eigenvalue weighted by Crippen LogP contribution is 2.32. The zero-order valence-electron chi connectivity index (χ0n) is 21.3. The molecule has 0 unspecified atom stereocenters. The van der Waals surface area contributed by atoms with E-state index in [1.165, 1.54) is 17.4 Å². The van der Waals surface area contributed by atoms with Gasteiger partial charge in [-0.2, -0.15) is 0 Å². The Morgan fingerprint density at radius 2 is 1.91 bits per heavy atom. The van der Waals surface area contributed by atoms with E-state index in [0.29, 0.717) is 29.6 Å². The standard InChI is InChI=1S/C26H36N5O3.ClH/c1-6-20(7-2)34-23-10-11-24-30(29-25(27)31(24)28-23)15-22(32)18-12-19(26(3,4)5)14-21(13-18)33-16-17-8-9-17;/h10-14,17,20H,6-9,15-16H2,1-5H3,(H2,27,29);1H/q+1;/p-1. The Labute approximate surface area is 213 Å². The Balaban J connectivity index is 0.00000342. The fourth-order valence-corrected chi connectivity index (χ4v) is 3.79. The highest BCUT2D eigenvalue weighted by molar-refractivity contribution is 5.95. The van der Waals surface area contributed by atoms with Crippen LogP contribution in [0.5, 0.6) is 11.6 Å². The van der Waals surface area contributed by atoms with E-state index in [2.05, 4.69) is 44.8 Å². The monoisotopic (exact) mass is 501 g/mol. The van der Waals surface area contributed by atoms with Crippen molar-refractivity contribution in [2.24, 2.45) is 5.92 Å². The fraction of sp³-hybridized carbons (Fsp3) is 0.538. The molecular weight excluding hydrogens is 466 g/mol. The summed E-state index contributed by atoms with van der Waals surface area (Å²) in [7, 11) is 0. The Morgan fingerprint density at radius 1 is 1.20 bits per heavy atom. The van der Waals surface area contributed by atoms with Crippen molar-refractivity contribution in [2.45, 2.75) is 78.4 Å². The Hall–Kier alpha value is -2.87. The summed E-state index contributed by atoms with van der Waals surface area (Å²) < 4.78 is 15.1. The molecule has 2 aromatic heterocycles. The van der Waals surface area contributed by atoms with Gasteiger partial charge in [-0.25, -0.2) is 0 Å². The van der Waals surface area contributed by atoms with Crippen LogP contribution >= 0.6 is 0 Å². The average Bonchev–Trinajstić information content (AvgIpc) is 3.59. The number of benzene rings is 1. The number of carbonyl (C=O) groups excluding carboxylic acids is 1. The molecule has 35 heavy (non-hydrogen) atoms. The van der Waals surface area contributed by atoms with Crippen LogP contribution in [-0.2, 0) is 12.0 Å². The number of nitrogens with zero attached hydrogens (tertiary/aromatic N) is 4. The van der Waals surface area contributed by atoms with Crippen molar-refractivity contribution in [3.63, 3.8) is 0 Å². The lowest BCUT2D eigenvalue weighted by molar-refractivity contribution is -0.714. The lowest BCUT2D eigenvalue weighted by Crippen LogP contribution is -3.00. The first kappa shape index (κ1) is 26.7. The zero-order valence-corrected chi connectivity index (χ0v) is 22.0. The average molecular weight is 502 g/mol. The molecule has 190 valence electrons. The molecule has 0 atom stereocenters. The van der Waals surface area contributed by atoms with Crippen LogP contribution in [0.25, 0.3) is 5.65 Å². The number of rotatable bonds is 10. The third-order valence-electron chi connectivity index (χ3n) is 6.26. The summed E-state index contributed by atoms with van der Waals surface area (Å²) in [6, 6.07) is 9.45. The smallest absolute Gasteiger partial charge is 0.355 e. The molecule has 1 aromatic carbocycles. The number of ether oxygens (including phenoxy) is 2. The van der Waals surface area contributed by atoms with Gasteiger partial charge in [0.25, 0.3) is 5.88 Å². The molecule has 8 nitrogen and oxygen atoms in total. The molecule has 0 bridgehead atoms. The van der Waals surface area contributed by atoms with Gasteiger partial charge in [-0.05, 0) is 71.0 Å². The van der Waals surface area contributed by atoms with Crippen molar-refractivity contribution in [1.29, 1.82) is 0 Å². The van der Waals surface area contributed by atoms with Crippen LogP contribution in [0.4, 0.5) is 5.95 Å². The molecule has 0 spiro atoms. The first-order valence-electron chi connectivity index (χ1n) is 12.2. The molecule has 0 radical (unpaired) electrons. The predicted molar refractivity (Wildman–Crippen MR) is 130 cm³/mol. The topological polar surface area (TPSA) is 95.6 Å². The number of carbonyl (C=O) groups is 1. The van der Waals surface area contributed by atoms with Gasteiger partial charge in [-0.1, -0.05) is 39.1 Å². The maximum Gasteiger partial charge on any atom is 0.355 e. The summed E-state index contributed by atoms with van der Waals surface area (Å²) in [5.74, 6) is 2.00. The number of anilines is 1. The lowest BCUT2D eigenvalue weighted by atomic mass is 9.85. The fourth-order valence-electron chi connectivity index (χ4n) is 3.79. The van der Waals surface area contributed by atoms with E-state index in [0.717, 1.165) is 24.2 Å². The summed E-state index contributed by atoms with van der Waals surface area (Å²) in [6.45, 7) is 11.3. The van der Waals surface area contributed by atoms with Crippen molar-refractivity contribution in [1.82, 2.24) is 14.7 Å². The number of ketones is 1. The Morgan fingerprint density at radius 3 is 2.54 bits per heavy atom. The van der Waals surface area contributed by atoms with Gasteiger partial charge in [0.2, 0.25) is 5.78 Å². The first-order valence-corrected chi connectivity index (χ1v) is 12.2. The molecule has 0 amide bonds. The highest BCUT2D eigenvalue weighted by atomic mass is 35.5. The van der Waals surface area contributed by atoms with Crippen LogP contribution in [0.15, 0.2) is 30.3 Å². The number of nitrogen functional groups attached to an aromatic ring is 1. The van der Waals surface area contributed by atoms with Crippen LogP contribution in [-0.4, -0.2) is 33.2 Å². The zero-order chi connectivity index (χ0) is 24.5. The van der Waals surface area contributed by atoms with Crippen molar-refractivity contribution in [3.05, 3.63) is 41.5 Å². The van der Waals surface area contributed by atoms with Crippen LogP contribution in [0.1, 0.15) is 76.2 Å². The SMILES string of the molecule is CCC(CC)Oc1ccc2n(n1)c(N)n[n+]2CC(=O)c1cc(OCC2CC2)cc(C(C)(C)C)c1.[Cl-]. The van der Waals surface area contributed by atoms with Crippen molar-refractivity contribution < 1.29 is 31.4 Å².